The van der Waals surface area contributed by atoms with Gasteiger partial charge >= 0.3 is 15.6 Å². The van der Waals surface area contributed by atoms with Crippen LogP contribution < -0.4 is 9.50 Å². The van der Waals surface area contributed by atoms with Crippen LogP contribution in [0.1, 0.15) is 24.0 Å². The van der Waals surface area contributed by atoms with Crippen molar-refractivity contribution in [1.29, 1.82) is 0 Å². The number of nitrogens with one attached hydrogen (secondary N) is 1. The summed E-state index contributed by atoms with van der Waals surface area (Å²) >= 11 is 1.82. The number of hydrogen-bond donors (Lipinski definition) is 1. The Bertz CT molecular complexity index is 778. The van der Waals surface area contributed by atoms with Crippen LogP contribution in [0.3, 0.4) is 0 Å². The van der Waals surface area contributed by atoms with E-state index in [-0.39, 0.29) is 11.8 Å². The van der Waals surface area contributed by atoms with E-state index in [1.807, 2.05) is 17.8 Å². The first kappa shape index (κ1) is 19.6. The van der Waals surface area contributed by atoms with Gasteiger partial charge in [0.05, 0.1) is 0 Å². The van der Waals surface area contributed by atoms with Crippen LogP contribution in [-0.4, -0.2) is 32.3 Å². The van der Waals surface area contributed by atoms with Crippen LogP contribution in [0.2, 0.25) is 0 Å². The van der Waals surface area contributed by atoms with E-state index in [1.165, 1.54) is 12.1 Å². The van der Waals surface area contributed by atoms with Crippen LogP contribution in [-0.2, 0) is 23.0 Å². The molecule has 2 unspecified atom stereocenters. The number of alkyl halides is 3. The molecule has 0 spiro atoms. The van der Waals surface area contributed by atoms with Crippen molar-refractivity contribution in [3.05, 3.63) is 40.8 Å². The maximum absolute atomic E-state index is 12.6. The van der Waals surface area contributed by atoms with Gasteiger partial charge in [0.25, 0.3) is 0 Å². The first-order valence-electron chi connectivity index (χ1n) is 8.39. The summed E-state index contributed by atoms with van der Waals surface area (Å²) in [6.07, 6.45) is 5.13. The molecule has 1 aliphatic heterocycles. The Labute approximate surface area is 155 Å². The lowest BCUT2D eigenvalue weighted by Crippen LogP contribution is -2.36. The number of thioether (sulfide) groups is 1. The Morgan fingerprint density at radius 2 is 2.12 bits per heavy atom. The van der Waals surface area contributed by atoms with Gasteiger partial charge in [0, 0.05) is 11.8 Å². The van der Waals surface area contributed by atoms with Gasteiger partial charge in [-0.1, -0.05) is 18.2 Å². The van der Waals surface area contributed by atoms with Crippen LogP contribution in [0.4, 0.5) is 13.2 Å². The molecule has 0 radical (unpaired) electrons. The van der Waals surface area contributed by atoms with E-state index >= 15 is 0 Å². The molecule has 144 valence electrons. The van der Waals surface area contributed by atoms with E-state index in [9.17, 15) is 21.6 Å². The fraction of sp³-hybridized carbons (Fsp3) is 0.529. The third-order valence-electron chi connectivity index (χ3n) is 4.63. The monoisotopic (exact) mass is 407 g/mol. The van der Waals surface area contributed by atoms with Gasteiger partial charge in [0.15, 0.2) is 0 Å². The second-order valence-electron chi connectivity index (χ2n) is 6.48. The van der Waals surface area contributed by atoms with Crippen molar-refractivity contribution in [2.45, 2.75) is 37.2 Å². The average molecular weight is 407 g/mol. The molecule has 26 heavy (non-hydrogen) atoms. The average Bonchev–Trinajstić information content (AvgIpc) is 3.07. The number of allylic oxidation sites excluding steroid dienone is 1. The van der Waals surface area contributed by atoms with E-state index in [0.29, 0.717) is 24.3 Å². The Morgan fingerprint density at radius 1 is 1.31 bits per heavy atom. The SMILES string of the molecule is O=S(=O)(Oc1cccc2c1CCC(NCCC1C=CSC1)C2)C(F)(F)F. The zero-order chi connectivity index (χ0) is 18.8. The molecule has 9 heteroatoms. The molecule has 1 N–H and O–H groups in total. The molecule has 2 aliphatic rings. The summed E-state index contributed by atoms with van der Waals surface area (Å²) < 4.78 is 64.6. The summed E-state index contributed by atoms with van der Waals surface area (Å²) in [6, 6.07) is 4.85. The first-order chi connectivity index (χ1) is 12.3. The van der Waals surface area contributed by atoms with Crippen LogP contribution >= 0.6 is 11.8 Å². The van der Waals surface area contributed by atoms with Gasteiger partial charge in [-0.05, 0) is 60.7 Å². The molecule has 3 rings (SSSR count). The van der Waals surface area contributed by atoms with Crippen LogP contribution in [0, 0.1) is 5.92 Å². The summed E-state index contributed by atoms with van der Waals surface area (Å²) in [7, 11) is -5.65. The molecule has 0 amide bonds. The lowest BCUT2D eigenvalue weighted by atomic mass is 9.87. The van der Waals surface area contributed by atoms with Crippen molar-refractivity contribution in [2.24, 2.45) is 5.92 Å². The second kappa shape index (κ2) is 7.82. The Morgan fingerprint density at radius 3 is 2.81 bits per heavy atom. The molecule has 0 fully saturated rings. The Hall–Kier alpha value is -1.19. The van der Waals surface area contributed by atoms with E-state index in [0.717, 1.165) is 30.7 Å². The van der Waals surface area contributed by atoms with Crippen molar-refractivity contribution in [3.63, 3.8) is 0 Å². The molecule has 2 atom stereocenters. The fourth-order valence-corrected chi connectivity index (χ4v) is 4.70. The van der Waals surface area contributed by atoms with Gasteiger partial charge in [0.2, 0.25) is 0 Å². The molecule has 4 nitrogen and oxygen atoms in total. The minimum absolute atomic E-state index is 0.216. The fourth-order valence-electron chi connectivity index (χ4n) is 3.24. The molecule has 0 saturated carbocycles. The maximum atomic E-state index is 12.6. The summed E-state index contributed by atoms with van der Waals surface area (Å²) in [6.45, 7) is 0.883. The normalized spacial score (nSPS) is 23.0. The van der Waals surface area contributed by atoms with Gasteiger partial charge in [-0.15, -0.1) is 11.8 Å². The highest BCUT2D eigenvalue weighted by Crippen LogP contribution is 2.34. The van der Waals surface area contributed by atoms with E-state index in [2.05, 4.69) is 21.0 Å². The second-order valence-corrected chi connectivity index (χ2v) is 8.96. The molecule has 0 saturated heterocycles. The zero-order valence-corrected chi connectivity index (χ0v) is 15.6. The van der Waals surface area contributed by atoms with E-state index in [4.69, 9.17) is 0 Å². The number of rotatable bonds is 6. The van der Waals surface area contributed by atoms with Gasteiger partial charge in [0.1, 0.15) is 5.75 Å². The highest BCUT2D eigenvalue weighted by Gasteiger charge is 2.48. The summed E-state index contributed by atoms with van der Waals surface area (Å²) in [5, 5.41) is 5.62. The largest absolute Gasteiger partial charge is 0.534 e. The Balaban J connectivity index is 1.62. The minimum Gasteiger partial charge on any atom is -0.376 e. The quantitative estimate of drug-likeness (QED) is 0.577. The summed E-state index contributed by atoms with van der Waals surface area (Å²) in [5.74, 6) is 1.49. The first-order valence-corrected chi connectivity index (χ1v) is 10.8. The molecule has 1 aromatic rings. The van der Waals surface area contributed by atoms with E-state index < -0.39 is 15.6 Å². The van der Waals surface area contributed by atoms with Crippen LogP contribution in [0.5, 0.6) is 5.75 Å². The highest BCUT2D eigenvalue weighted by molar-refractivity contribution is 8.02. The molecule has 1 heterocycles. The van der Waals surface area contributed by atoms with Gasteiger partial charge in [-0.2, -0.15) is 21.6 Å². The van der Waals surface area contributed by atoms with Crippen LogP contribution in [0.15, 0.2) is 29.7 Å². The molecule has 0 aromatic heterocycles. The number of benzene rings is 1. The third kappa shape index (κ3) is 4.55. The van der Waals surface area contributed by atoms with E-state index in [1.54, 1.807) is 0 Å². The molecular weight excluding hydrogens is 387 g/mol. The van der Waals surface area contributed by atoms with Gasteiger partial charge in [-0.25, -0.2) is 0 Å². The standard InChI is InChI=1S/C17H20F3NO3S2/c18-17(19,20)26(22,23)24-16-3-1-2-13-10-14(4-5-15(13)16)21-8-6-12-7-9-25-11-12/h1-3,7,9,12,14,21H,4-6,8,10-11H2. The van der Waals surface area contributed by atoms with Crippen molar-refractivity contribution < 1.29 is 25.8 Å². The smallest absolute Gasteiger partial charge is 0.376 e. The number of fused-ring (bicyclic) bond motifs is 1. The summed E-state index contributed by atoms with van der Waals surface area (Å²) in [5.41, 5.74) is -4.05. The Kier molecular flexibility index (Phi) is 5.88. The lowest BCUT2D eigenvalue weighted by Gasteiger charge is -2.27. The number of halogens is 3. The maximum Gasteiger partial charge on any atom is 0.534 e. The van der Waals surface area contributed by atoms with Crippen molar-refractivity contribution in [3.8, 4) is 5.75 Å². The minimum atomic E-state index is -5.65. The summed E-state index contributed by atoms with van der Waals surface area (Å²) in [4.78, 5) is 0. The highest BCUT2D eigenvalue weighted by atomic mass is 32.2. The van der Waals surface area contributed by atoms with Crippen molar-refractivity contribution in [2.75, 3.05) is 12.3 Å². The molecule has 1 aliphatic carbocycles. The van der Waals surface area contributed by atoms with Gasteiger partial charge in [-0.3, -0.25) is 0 Å². The van der Waals surface area contributed by atoms with Crippen LogP contribution in [0.25, 0.3) is 0 Å². The molecule has 0 bridgehead atoms. The molecule has 1 aromatic carbocycles. The lowest BCUT2D eigenvalue weighted by molar-refractivity contribution is -0.0500. The number of hydrogen-bond acceptors (Lipinski definition) is 5. The third-order valence-corrected chi connectivity index (χ3v) is 6.56. The van der Waals surface area contributed by atoms with Crippen molar-refractivity contribution in [1.82, 2.24) is 5.32 Å². The predicted octanol–water partition coefficient (Wildman–Crippen LogP) is 3.63. The van der Waals surface area contributed by atoms with Crippen molar-refractivity contribution >= 4 is 21.9 Å². The van der Waals surface area contributed by atoms with Gasteiger partial charge < -0.3 is 9.50 Å². The zero-order valence-electron chi connectivity index (χ0n) is 14.0. The predicted molar refractivity (Wildman–Crippen MR) is 95.6 cm³/mol. The molecular formula is C17H20F3NO3S2. The topological polar surface area (TPSA) is 55.4 Å².